The molecule has 0 aliphatic rings. The maximum atomic E-state index is 13.6. The van der Waals surface area contributed by atoms with Gasteiger partial charge in [-0.1, -0.05) is 92.9 Å². The van der Waals surface area contributed by atoms with Crippen LogP contribution in [-0.4, -0.2) is 22.0 Å². The minimum absolute atomic E-state index is 0.0884. The first-order chi connectivity index (χ1) is 17.4. The van der Waals surface area contributed by atoms with E-state index in [4.69, 9.17) is 4.98 Å². The molecule has 3 aromatic carbocycles. The zero-order chi connectivity index (χ0) is 25.5. The lowest BCUT2D eigenvalue weighted by Gasteiger charge is -2.14. The predicted octanol–water partition coefficient (Wildman–Crippen LogP) is 5.96. The summed E-state index contributed by atoms with van der Waals surface area (Å²) in [6.07, 6.45) is 2.54. The first-order valence-corrected chi connectivity index (χ1v) is 13.1. The zero-order valence-electron chi connectivity index (χ0n) is 20.7. The van der Waals surface area contributed by atoms with Crippen molar-refractivity contribution < 1.29 is 4.79 Å². The van der Waals surface area contributed by atoms with E-state index in [0.717, 1.165) is 23.1 Å². The molecule has 6 heteroatoms. The van der Waals surface area contributed by atoms with E-state index in [-0.39, 0.29) is 11.5 Å². The monoisotopic (exact) mass is 497 g/mol. The second kappa shape index (κ2) is 11.9. The van der Waals surface area contributed by atoms with Gasteiger partial charge in [-0.05, 0) is 47.2 Å². The summed E-state index contributed by atoms with van der Waals surface area (Å²) in [5, 5.41) is 4.10. The van der Waals surface area contributed by atoms with Crippen LogP contribution in [0.2, 0.25) is 0 Å². The lowest BCUT2D eigenvalue weighted by Crippen LogP contribution is -2.28. The van der Waals surface area contributed by atoms with Crippen molar-refractivity contribution in [2.24, 2.45) is 5.92 Å². The fourth-order valence-corrected chi connectivity index (χ4v) is 4.81. The van der Waals surface area contributed by atoms with Gasteiger partial charge in [0.25, 0.3) is 11.5 Å². The molecule has 1 amide bonds. The molecule has 5 nitrogen and oxygen atoms in total. The van der Waals surface area contributed by atoms with E-state index >= 15 is 0 Å². The van der Waals surface area contributed by atoms with Crippen LogP contribution in [0.1, 0.15) is 40.9 Å². The smallest absolute Gasteiger partial charge is 0.262 e. The number of aromatic nitrogens is 2. The summed E-state index contributed by atoms with van der Waals surface area (Å²) in [6, 6.07) is 23.5. The minimum Gasteiger partial charge on any atom is -0.352 e. The second-order valence-electron chi connectivity index (χ2n) is 9.16. The van der Waals surface area contributed by atoms with Crippen LogP contribution in [0.25, 0.3) is 17.0 Å². The SMILES string of the molecule is C=Cc1ccc(CSc2nc3cc(C(=O)NCC(C)C)ccc3c(=O)n2CCc2ccccc2)cc1. The highest BCUT2D eigenvalue weighted by Gasteiger charge is 2.15. The average molecular weight is 498 g/mol. The van der Waals surface area contributed by atoms with E-state index in [0.29, 0.717) is 46.4 Å². The number of thioether (sulfide) groups is 1. The van der Waals surface area contributed by atoms with Gasteiger partial charge < -0.3 is 5.32 Å². The second-order valence-corrected chi connectivity index (χ2v) is 10.1. The Morgan fingerprint density at radius 2 is 1.81 bits per heavy atom. The average Bonchev–Trinajstić information content (AvgIpc) is 2.90. The lowest BCUT2D eigenvalue weighted by atomic mass is 10.1. The third-order valence-corrected chi connectivity index (χ3v) is 6.95. The molecule has 4 rings (SSSR count). The maximum Gasteiger partial charge on any atom is 0.262 e. The van der Waals surface area contributed by atoms with Gasteiger partial charge in [0.1, 0.15) is 0 Å². The van der Waals surface area contributed by atoms with Crippen molar-refractivity contribution in [3.8, 4) is 0 Å². The van der Waals surface area contributed by atoms with Gasteiger partial charge in [-0.15, -0.1) is 0 Å². The predicted molar refractivity (Wildman–Crippen MR) is 149 cm³/mol. The molecule has 0 radical (unpaired) electrons. The van der Waals surface area contributed by atoms with Crippen molar-refractivity contribution in [3.63, 3.8) is 0 Å². The molecule has 0 aliphatic heterocycles. The Bertz CT molecular complexity index is 1410. The molecular formula is C30H31N3O2S. The summed E-state index contributed by atoms with van der Waals surface area (Å²) in [7, 11) is 0. The molecule has 1 heterocycles. The summed E-state index contributed by atoms with van der Waals surface area (Å²) < 4.78 is 1.76. The van der Waals surface area contributed by atoms with Crippen LogP contribution in [0, 0.1) is 5.92 Å². The van der Waals surface area contributed by atoms with Crippen molar-refractivity contribution in [1.29, 1.82) is 0 Å². The van der Waals surface area contributed by atoms with Crippen LogP contribution in [0.5, 0.6) is 0 Å². The highest BCUT2D eigenvalue weighted by atomic mass is 32.2. The quantitative estimate of drug-likeness (QED) is 0.217. The first-order valence-electron chi connectivity index (χ1n) is 12.2. The van der Waals surface area contributed by atoms with Crippen molar-refractivity contribution >= 4 is 34.6 Å². The van der Waals surface area contributed by atoms with Crippen LogP contribution in [0.3, 0.4) is 0 Å². The van der Waals surface area contributed by atoms with E-state index in [1.54, 1.807) is 22.8 Å². The van der Waals surface area contributed by atoms with Gasteiger partial charge in [-0.3, -0.25) is 14.2 Å². The largest absolute Gasteiger partial charge is 0.352 e. The summed E-state index contributed by atoms with van der Waals surface area (Å²) >= 11 is 1.53. The zero-order valence-corrected chi connectivity index (χ0v) is 21.6. The van der Waals surface area contributed by atoms with Gasteiger partial charge in [0, 0.05) is 24.4 Å². The summed E-state index contributed by atoms with van der Waals surface area (Å²) in [5.41, 5.74) is 4.32. The van der Waals surface area contributed by atoms with Gasteiger partial charge >= 0.3 is 0 Å². The normalized spacial score (nSPS) is 11.1. The number of fused-ring (bicyclic) bond motifs is 1. The highest BCUT2D eigenvalue weighted by molar-refractivity contribution is 7.98. The van der Waals surface area contributed by atoms with Crippen molar-refractivity contribution in [3.05, 3.63) is 112 Å². The first kappa shape index (κ1) is 25.5. The van der Waals surface area contributed by atoms with Crippen molar-refractivity contribution in [2.75, 3.05) is 6.54 Å². The molecule has 0 saturated carbocycles. The number of carbonyl (C=O) groups is 1. The third kappa shape index (κ3) is 6.32. The fraction of sp³-hybridized carbons (Fsp3) is 0.233. The molecule has 4 aromatic rings. The molecule has 1 aromatic heterocycles. The van der Waals surface area contributed by atoms with Gasteiger partial charge in [-0.25, -0.2) is 4.98 Å². The summed E-state index contributed by atoms with van der Waals surface area (Å²) in [5.74, 6) is 0.875. The number of hydrogen-bond donors (Lipinski definition) is 1. The topological polar surface area (TPSA) is 64.0 Å². The van der Waals surface area contributed by atoms with Crippen molar-refractivity contribution in [2.45, 2.75) is 37.7 Å². The van der Waals surface area contributed by atoms with E-state index in [2.05, 4.69) is 50.0 Å². The molecule has 0 bridgehead atoms. The Kier molecular flexibility index (Phi) is 8.39. The molecule has 0 unspecified atom stereocenters. The maximum absolute atomic E-state index is 13.6. The number of benzene rings is 3. The number of aryl methyl sites for hydroxylation is 1. The van der Waals surface area contributed by atoms with Crippen LogP contribution in [0.4, 0.5) is 0 Å². The van der Waals surface area contributed by atoms with Gasteiger partial charge in [0.05, 0.1) is 10.9 Å². The lowest BCUT2D eigenvalue weighted by molar-refractivity contribution is 0.0949. The molecule has 0 aliphatic carbocycles. The summed E-state index contributed by atoms with van der Waals surface area (Å²) in [6.45, 7) is 9.03. The van der Waals surface area contributed by atoms with E-state index in [1.165, 1.54) is 11.8 Å². The van der Waals surface area contributed by atoms with E-state index < -0.39 is 0 Å². The van der Waals surface area contributed by atoms with Gasteiger partial charge in [-0.2, -0.15) is 0 Å². The molecule has 184 valence electrons. The molecule has 36 heavy (non-hydrogen) atoms. The number of rotatable bonds is 10. The molecule has 1 N–H and O–H groups in total. The fourth-order valence-electron chi connectivity index (χ4n) is 3.83. The number of nitrogens with one attached hydrogen (secondary N) is 1. The standard InChI is InChI=1S/C30H31N3O2S/c1-4-22-10-12-24(13-11-22)20-36-30-32-27-18-25(28(34)31-19-21(2)3)14-15-26(27)29(35)33(30)17-16-23-8-6-5-7-9-23/h4-15,18,21H,1,16-17,19-20H2,2-3H3,(H,31,34). The molecule has 0 saturated heterocycles. The van der Waals surface area contributed by atoms with Crippen LogP contribution < -0.4 is 10.9 Å². The number of amides is 1. The minimum atomic E-state index is -0.155. The molecule has 0 spiro atoms. The number of hydrogen-bond acceptors (Lipinski definition) is 4. The van der Waals surface area contributed by atoms with Crippen LogP contribution in [0.15, 0.2) is 89.3 Å². The number of nitrogens with zero attached hydrogens (tertiary/aromatic N) is 2. The Balaban J connectivity index is 1.67. The van der Waals surface area contributed by atoms with Crippen molar-refractivity contribution in [1.82, 2.24) is 14.9 Å². The van der Waals surface area contributed by atoms with Gasteiger partial charge in [0.15, 0.2) is 5.16 Å². The Labute approximate surface area is 216 Å². The van der Waals surface area contributed by atoms with Gasteiger partial charge in [0.2, 0.25) is 0 Å². The highest BCUT2D eigenvalue weighted by Crippen LogP contribution is 2.23. The third-order valence-electron chi connectivity index (χ3n) is 5.90. The summed E-state index contributed by atoms with van der Waals surface area (Å²) in [4.78, 5) is 31.0. The Morgan fingerprint density at radius 3 is 2.50 bits per heavy atom. The molecular weight excluding hydrogens is 466 g/mol. The Hall–Kier alpha value is -3.64. The van der Waals surface area contributed by atoms with E-state index in [9.17, 15) is 9.59 Å². The Morgan fingerprint density at radius 1 is 1.06 bits per heavy atom. The number of carbonyl (C=O) groups excluding carboxylic acids is 1. The molecule has 0 fully saturated rings. The van der Waals surface area contributed by atoms with Crippen LogP contribution in [-0.2, 0) is 18.7 Å². The van der Waals surface area contributed by atoms with E-state index in [1.807, 2.05) is 36.4 Å². The molecule has 0 atom stereocenters. The van der Waals surface area contributed by atoms with Crippen LogP contribution >= 0.6 is 11.8 Å².